The zero-order valence-electron chi connectivity index (χ0n) is 6.87. The van der Waals surface area contributed by atoms with E-state index < -0.39 is 11.1 Å². The van der Waals surface area contributed by atoms with Gasteiger partial charge in [-0.15, -0.1) is 0 Å². The van der Waals surface area contributed by atoms with Crippen molar-refractivity contribution >= 4 is 40.0 Å². The molecule has 1 rings (SSSR count). The van der Waals surface area contributed by atoms with Crippen molar-refractivity contribution in [1.29, 1.82) is 0 Å². The number of hydrogen-bond donors (Lipinski definition) is 2. The number of carbonyl (C=O) groups is 1. The number of aliphatic carboxylic acids is 1. The van der Waals surface area contributed by atoms with Crippen LogP contribution in [0.1, 0.15) is 0 Å². The van der Waals surface area contributed by atoms with E-state index in [0.717, 1.165) is 0 Å². The average Bonchev–Trinajstić information content (AvgIpc) is 2.16. The molecule has 1 aromatic rings. The van der Waals surface area contributed by atoms with Crippen molar-refractivity contribution in [2.24, 2.45) is 5.10 Å². The van der Waals surface area contributed by atoms with E-state index in [1.165, 1.54) is 0 Å². The molecule has 74 valence electrons. The molecule has 0 bridgehead atoms. The normalized spacial score (nSPS) is 11.1. The Hall–Kier alpha value is -1.26. The minimum atomic E-state index is -1.28. The lowest BCUT2D eigenvalue weighted by Gasteiger charge is -1.99. The average molecular weight is 233 g/mol. The summed E-state index contributed by atoms with van der Waals surface area (Å²) in [7, 11) is 0. The summed E-state index contributed by atoms with van der Waals surface area (Å²) >= 11 is 10.9. The van der Waals surface area contributed by atoms with Gasteiger partial charge in [-0.1, -0.05) is 23.2 Å². The molecule has 0 saturated heterocycles. The summed E-state index contributed by atoms with van der Waals surface area (Å²) in [6, 6.07) is 6.60. The fraction of sp³-hybridized carbons (Fsp3) is 0. The first-order valence-electron chi connectivity index (χ1n) is 3.57. The van der Waals surface area contributed by atoms with Gasteiger partial charge in [-0.3, -0.25) is 5.43 Å². The summed E-state index contributed by atoms with van der Waals surface area (Å²) in [6.07, 6.45) is 0. The lowest BCUT2D eigenvalue weighted by Crippen LogP contribution is -2.07. The van der Waals surface area contributed by atoms with Crippen molar-refractivity contribution in [3.05, 3.63) is 29.3 Å². The van der Waals surface area contributed by atoms with Gasteiger partial charge >= 0.3 is 5.97 Å². The molecule has 0 aliphatic rings. The van der Waals surface area contributed by atoms with E-state index in [1.54, 1.807) is 24.3 Å². The highest BCUT2D eigenvalue weighted by Crippen LogP contribution is 2.13. The maximum atomic E-state index is 10.3. The van der Waals surface area contributed by atoms with Gasteiger partial charge in [0.15, 0.2) is 0 Å². The van der Waals surface area contributed by atoms with E-state index in [4.69, 9.17) is 28.3 Å². The number of nitrogens with zero attached hydrogens (tertiary/aromatic N) is 1. The van der Waals surface area contributed by atoms with Crippen molar-refractivity contribution < 1.29 is 9.90 Å². The molecular formula is C8H6Cl2N2O2. The van der Waals surface area contributed by atoms with Gasteiger partial charge in [0.1, 0.15) is 0 Å². The van der Waals surface area contributed by atoms with Crippen LogP contribution in [-0.2, 0) is 4.79 Å². The Kier molecular flexibility index (Phi) is 3.73. The highest BCUT2D eigenvalue weighted by Gasteiger charge is 2.03. The zero-order valence-corrected chi connectivity index (χ0v) is 8.38. The predicted octanol–water partition coefficient (Wildman–Crippen LogP) is 2.39. The van der Waals surface area contributed by atoms with Crippen LogP contribution in [0.25, 0.3) is 0 Å². The quantitative estimate of drug-likeness (QED) is 0.622. The van der Waals surface area contributed by atoms with Crippen LogP contribution < -0.4 is 5.43 Å². The topological polar surface area (TPSA) is 61.7 Å². The summed E-state index contributed by atoms with van der Waals surface area (Å²) in [5.74, 6) is -1.28. The number of halogens is 2. The first kappa shape index (κ1) is 10.8. The molecular weight excluding hydrogens is 227 g/mol. The van der Waals surface area contributed by atoms with Crippen molar-refractivity contribution in [2.45, 2.75) is 0 Å². The molecule has 4 nitrogen and oxygen atoms in total. The Morgan fingerprint density at radius 2 is 1.93 bits per heavy atom. The van der Waals surface area contributed by atoms with E-state index in [0.29, 0.717) is 10.7 Å². The third-order valence-electron chi connectivity index (χ3n) is 1.30. The smallest absolute Gasteiger partial charge is 0.368 e. The van der Waals surface area contributed by atoms with Gasteiger partial charge in [0.05, 0.1) is 5.69 Å². The summed E-state index contributed by atoms with van der Waals surface area (Å²) in [5, 5.41) is 11.9. The van der Waals surface area contributed by atoms with E-state index in [9.17, 15) is 4.79 Å². The summed E-state index contributed by atoms with van der Waals surface area (Å²) < 4.78 is 0. The van der Waals surface area contributed by atoms with Crippen LogP contribution >= 0.6 is 23.2 Å². The van der Waals surface area contributed by atoms with Gasteiger partial charge in [-0.25, -0.2) is 4.79 Å². The molecule has 14 heavy (non-hydrogen) atoms. The highest BCUT2D eigenvalue weighted by molar-refractivity contribution is 6.81. The number of nitrogens with one attached hydrogen (secondary N) is 1. The Morgan fingerprint density at radius 1 is 1.36 bits per heavy atom. The Balaban J connectivity index is 2.66. The lowest BCUT2D eigenvalue weighted by molar-refractivity contribution is -0.129. The molecule has 0 aliphatic heterocycles. The standard InChI is InChI=1S/C8H6Cl2N2O2/c9-5-1-3-6(4-2-5)11-12-7(10)8(13)14/h1-4,11H,(H,13,14). The number of benzene rings is 1. The summed E-state index contributed by atoms with van der Waals surface area (Å²) in [4.78, 5) is 10.3. The Morgan fingerprint density at radius 3 is 2.43 bits per heavy atom. The van der Waals surface area contributed by atoms with Crippen LogP contribution in [0, 0.1) is 0 Å². The van der Waals surface area contributed by atoms with Gasteiger partial charge < -0.3 is 5.11 Å². The number of hydrazone groups is 1. The maximum absolute atomic E-state index is 10.3. The fourth-order valence-corrected chi connectivity index (χ4v) is 0.854. The lowest BCUT2D eigenvalue weighted by atomic mass is 10.3. The SMILES string of the molecule is O=C(O)C(Cl)=NNc1ccc(Cl)cc1. The first-order valence-corrected chi connectivity index (χ1v) is 4.33. The van der Waals surface area contributed by atoms with Gasteiger partial charge in [-0.05, 0) is 24.3 Å². The second-order valence-corrected chi connectivity index (χ2v) is 3.12. The van der Waals surface area contributed by atoms with Gasteiger partial charge in [0.25, 0.3) is 0 Å². The van der Waals surface area contributed by atoms with Crippen LogP contribution in [0.5, 0.6) is 0 Å². The number of rotatable bonds is 3. The second-order valence-electron chi connectivity index (χ2n) is 2.33. The molecule has 0 fully saturated rings. The van der Waals surface area contributed by atoms with Crippen LogP contribution in [0.2, 0.25) is 5.02 Å². The van der Waals surface area contributed by atoms with Gasteiger partial charge in [0, 0.05) is 5.02 Å². The van der Waals surface area contributed by atoms with E-state index in [1.807, 2.05) is 0 Å². The molecule has 6 heteroatoms. The largest absolute Gasteiger partial charge is 0.476 e. The maximum Gasteiger partial charge on any atom is 0.368 e. The van der Waals surface area contributed by atoms with E-state index in [-0.39, 0.29) is 0 Å². The summed E-state index contributed by atoms with van der Waals surface area (Å²) in [5.41, 5.74) is 3.07. The van der Waals surface area contributed by atoms with Crippen molar-refractivity contribution in [1.82, 2.24) is 0 Å². The minimum Gasteiger partial charge on any atom is -0.476 e. The second kappa shape index (κ2) is 4.83. The third kappa shape index (κ3) is 3.24. The van der Waals surface area contributed by atoms with Crippen LogP contribution in [-0.4, -0.2) is 16.2 Å². The predicted molar refractivity (Wildman–Crippen MR) is 56.0 cm³/mol. The molecule has 2 N–H and O–H groups in total. The molecule has 0 spiro atoms. The fourth-order valence-electron chi connectivity index (χ4n) is 0.686. The molecule has 0 heterocycles. The van der Waals surface area contributed by atoms with Crippen molar-refractivity contribution in [3.63, 3.8) is 0 Å². The Bertz CT molecular complexity index is 362. The van der Waals surface area contributed by atoms with E-state index in [2.05, 4.69) is 10.5 Å². The first-order chi connectivity index (χ1) is 6.59. The monoisotopic (exact) mass is 232 g/mol. The van der Waals surface area contributed by atoms with Gasteiger partial charge in [0.2, 0.25) is 5.17 Å². The summed E-state index contributed by atoms with van der Waals surface area (Å²) in [6.45, 7) is 0. The van der Waals surface area contributed by atoms with E-state index >= 15 is 0 Å². The highest BCUT2D eigenvalue weighted by atomic mass is 35.5. The van der Waals surface area contributed by atoms with Crippen molar-refractivity contribution in [3.8, 4) is 0 Å². The molecule has 0 aromatic heterocycles. The third-order valence-corrected chi connectivity index (χ3v) is 1.80. The molecule has 0 atom stereocenters. The molecule has 0 aliphatic carbocycles. The number of carboxylic acid groups (broad SMARTS) is 1. The molecule has 0 amide bonds. The number of carboxylic acids is 1. The van der Waals surface area contributed by atoms with Gasteiger partial charge in [-0.2, -0.15) is 5.10 Å². The molecule has 0 saturated carbocycles. The van der Waals surface area contributed by atoms with Crippen LogP contribution in [0.15, 0.2) is 29.4 Å². The molecule has 0 radical (unpaired) electrons. The minimum absolute atomic E-state index is 0.528. The number of hydrogen-bond acceptors (Lipinski definition) is 3. The molecule has 1 aromatic carbocycles. The van der Waals surface area contributed by atoms with Crippen LogP contribution in [0.4, 0.5) is 5.69 Å². The van der Waals surface area contributed by atoms with Crippen LogP contribution in [0.3, 0.4) is 0 Å². The molecule has 0 unspecified atom stereocenters. The Labute approximate surface area is 90.1 Å². The van der Waals surface area contributed by atoms with Crippen molar-refractivity contribution in [2.75, 3.05) is 5.43 Å². The zero-order chi connectivity index (χ0) is 10.6. The number of anilines is 1.